The highest BCUT2D eigenvalue weighted by molar-refractivity contribution is 6.11. The van der Waals surface area contributed by atoms with Gasteiger partial charge in [0.25, 0.3) is 0 Å². The van der Waals surface area contributed by atoms with Gasteiger partial charge in [0.05, 0.1) is 16.7 Å². The van der Waals surface area contributed by atoms with Crippen molar-refractivity contribution in [2.24, 2.45) is 0 Å². The number of aryl methyl sites for hydroxylation is 3. The van der Waals surface area contributed by atoms with E-state index in [1.807, 2.05) is 121 Å². The second-order valence-corrected chi connectivity index (χ2v) is 16.2. The molecule has 0 amide bonds. The van der Waals surface area contributed by atoms with Crippen LogP contribution in [-0.4, -0.2) is 34.5 Å². The van der Waals surface area contributed by atoms with Gasteiger partial charge in [-0.15, -0.1) is 0 Å². The van der Waals surface area contributed by atoms with Crippen molar-refractivity contribution >= 4 is 21.8 Å². The monoisotopic (exact) mass is 823 g/mol. The molecule has 64 heavy (non-hydrogen) atoms. The molecule has 0 bridgehead atoms. The van der Waals surface area contributed by atoms with Gasteiger partial charge in [-0.1, -0.05) is 163 Å². The lowest BCUT2D eigenvalue weighted by molar-refractivity contribution is 1.06. The third-order valence-corrected chi connectivity index (χ3v) is 11.8. The summed E-state index contributed by atoms with van der Waals surface area (Å²) >= 11 is 0. The molecule has 0 aliphatic heterocycles. The maximum atomic E-state index is 5.29. The maximum absolute atomic E-state index is 5.29. The van der Waals surface area contributed by atoms with Crippen LogP contribution in [0.25, 0.3) is 107 Å². The SMILES string of the molecule is Cc1cc(C)c(-c2ccc3c(c2)c2ccccc2n3-c2ccc(-c3nc(-c4ccccc4)nc(-c4ccccc4)n3)cc2-c2nc(-c3ccccc3)nc(-c3ccccc3)n2)c(C)c1. The van der Waals surface area contributed by atoms with Gasteiger partial charge in [0.15, 0.2) is 34.9 Å². The van der Waals surface area contributed by atoms with Crippen molar-refractivity contribution in [3.63, 3.8) is 0 Å². The minimum absolute atomic E-state index is 0.527. The molecule has 0 saturated heterocycles. The van der Waals surface area contributed by atoms with Gasteiger partial charge in [0, 0.05) is 44.2 Å². The number of para-hydroxylation sites is 1. The Morgan fingerprint density at radius 3 is 1.22 bits per heavy atom. The first kappa shape index (κ1) is 38.5. The summed E-state index contributed by atoms with van der Waals surface area (Å²) in [7, 11) is 0. The first-order chi connectivity index (χ1) is 31.4. The summed E-state index contributed by atoms with van der Waals surface area (Å²) in [5.74, 6) is 3.40. The lowest BCUT2D eigenvalue weighted by atomic mass is 9.93. The summed E-state index contributed by atoms with van der Waals surface area (Å²) in [6.07, 6.45) is 0. The molecule has 8 aromatic carbocycles. The molecule has 3 heterocycles. The lowest BCUT2D eigenvalue weighted by Gasteiger charge is -2.17. The molecule has 0 N–H and O–H groups in total. The zero-order valence-corrected chi connectivity index (χ0v) is 35.6. The van der Waals surface area contributed by atoms with E-state index in [-0.39, 0.29) is 0 Å². The number of rotatable bonds is 8. The van der Waals surface area contributed by atoms with Crippen molar-refractivity contribution in [2.45, 2.75) is 20.8 Å². The summed E-state index contributed by atoms with van der Waals surface area (Å²) in [6, 6.07) is 66.7. The number of hydrogen-bond acceptors (Lipinski definition) is 6. The van der Waals surface area contributed by atoms with E-state index in [1.54, 1.807) is 0 Å². The van der Waals surface area contributed by atoms with E-state index < -0.39 is 0 Å². The first-order valence-electron chi connectivity index (χ1n) is 21.5. The predicted molar refractivity (Wildman–Crippen MR) is 260 cm³/mol. The Bertz CT molecular complexity index is 3370. The van der Waals surface area contributed by atoms with Crippen LogP contribution in [0, 0.1) is 20.8 Å². The fourth-order valence-electron chi connectivity index (χ4n) is 8.94. The summed E-state index contributed by atoms with van der Waals surface area (Å²) in [4.78, 5) is 30.9. The summed E-state index contributed by atoms with van der Waals surface area (Å²) in [5.41, 5.74) is 14.5. The molecule has 0 radical (unpaired) electrons. The minimum atomic E-state index is 0.527. The first-order valence-corrected chi connectivity index (χ1v) is 21.5. The van der Waals surface area contributed by atoms with Crippen molar-refractivity contribution < 1.29 is 0 Å². The Hall–Kier alpha value is -8.42. The highest BCUT2D eigenvalue weighted by Crippen LogP contribution is 2.40. The predicted octanol–water partition coefficient (Wildman–Crippen LogP) is 13.7. The average molecular weight is 824 g/mol. The third-order valence-electron chi connectivity index (χ3n) is 11.8. The van der Waals surface area contributed by atoms with Crippen LogP contribution in [0.15, 0.2) is 194 Å². The minimum Gasteiger partial charge on any atom is -0.309 e. The van der Waals surface area contributed by atoms with Gasteiger partial charge in [0.2, 0.25) is 0 Å². The van der Waals surface area contributed by atoms with Crippen LogP contribution in [0.1, 0.15) is 16.7 Å². The van der Waals surface area contributed by atoms with E-state index in [2.05, 4.69) is 98.1 Å². The van der Waals surface area contributed by atoms with Crippen molar-refractivity contribution in [1.29, 1.82) is 0 Å². The van der Waals surface area contributed by atoms with Crippen LogP contribution in [0.4, 0.5) is 0 Å². The fourth-order valence-corrected chi connectivity index (χ4v) is 8.94. The maximum Gasteiger partial charge on any atom is 0.166 e. The Balaban J connectivity index is 1.19. The van der Waals surface area contributed by atoms with E-state index in [4.69, 9.17) is 29.9 Å². The Morgan fingerprint density at radius 1 is 0.312 bits per heavy atom. The quantitative estimate of drug-likeness (QED) is 0.152. The normalized spacial score (nSPS) is 11.4. The number of benzene rings is 8. The van der Waals surface area contributed by atoms with E-state index in [0.717, 1.165) is 60.9 Å². The van der Waals surface area contributed by atoms with Crippen molar-refractivity contribution in [3.8, 4) is 85.1 Å². The van der Waals surface area contributed by atoms with Gasteiger partial charge in [-0.2, -0.15) is 0 Å². The number of hydrogen-bond donors (Lipinski definition) is 0. The zero-order valence-electron chi connectivity index (χ0n) is 35.6. The molecule has 0 aliphatic carbocycles. The molecule has 7 nitrogen and oxygen atoms in total. The molecule has 304 valence electrons. The number of fused-ring (bicyclic) bond motifs is 3. The van der Waals surface area contributed by atoms with Crippen molar-refractivity contribution in [3.05, 3.63) is 211 Å². The van der Waals surface area contributed by atoms with E-state index in [0.29, 0.717) is 34.9 Å². The van der Waals surface area contributed by atoms with E-state index >= 15 is 0 Å². The van der Waals surface area contributed by atoms with Crippen LogP contribution in [-0.2, 0) is 0 Å². The second kappa shape index (κ2) is 16.1. The van der Waals surface area contributed by atoms with Gasteiger partial charge >= 0.3 is 0 Å². The molecule has 7 heteroatoms. The molecule has 0 spiro atoms. The van der Waals surface area contributed by atoms with Crippen LogP contribution in [0.3, 0.4) is 0 Å². The summed E-state index contributed by atoms with van der Waals surface area (Å²) < 4.78 is 2.34. The average Bonchev–Trinajstić information content (AvgIpc) is 3.68. The fraction of sp³-hybridized carbons (Fsp3) is 0.0526. The van der Waals surface area contributed by atoms with Crippen LogP contribution in [0.2, 0.25) is 0 Å². The molecular formula is C57H41N7. The van der Waals surface area contributed by atoms with Gasteiger partial charge in [-0.05, 0) is 79.4 Å². The molecule has 3 aromatic heterocycles. The molecule has 0 atom stereocenters. The van der Waals surface area contributed by atoms with Gasteiger partial charge in [-0.25, -0.2) is 29.9 Å². The third kappa shape index (κ3) is 7.09. The molecule has 0 unspecified atom stereocenters. The topological polar surface area (TPSA) is 82.3 Å². The Kier molecular flexibility index (Phi) is 9.70. The lowest BCUT2D eigenvalue weighted by Crippen LogP contribution is -2.05. The Labute approximate surface area is 371 Å². The van der Waals surface area contributed by atoms with Crippen molar-refractivity contribution in [2.75, 3.05) is 0 Å². The molecule has 11 rings (SSSR count). The molecular weight excluding hydrogens is 783 g/mol. The van der Waals surface area contributed by atoms with Crippen molar-refractivity contribution in [1.82, 2.24) is 34.5 Å². The van der Waals surface area contributed by atoms with Crippen LogP contribution >= 0.6 is 0 Å². The zero-order chi connectivity index (χ0) is 43.1. The molecule has 0 aliphatic rings. The largest absolute Gasteiger partial charge is 0.309 e. The van der Waals surface area contributed by atoms with Gasteiger partial charge < -0.3 is 4.57 Å². The molecule has 11 aromatic rings. The van der Waals surface area contributed by atoms with E-state index in [9.17, 15) is 0 Å². The standard InChI is InChI=1S/C57H41N7/c1-36-32-37(2)51(38(3)33-36)43-28-30-49-46(34-43)45-26-16-17-27-48(45)64(49)50-31-29-44(56-60-52(39-18-8-4-9-19-39)58-53(61-56)40-20-10-5-11-21-40)35-47(50)57-62-54(41-22-12-6-13-23-41)59-55(63-57)42-24-14-7-15-25-42/h4-35H,1-3H3. The van der Waals surface area contributed by atoms with Crippen LogP contribution < -0.4 is 0 Å². The van der Waals surface area contributed by atoms with Gasteiger partial charge in [-0.3, -0.25) is 0 Å². The molecule has 0 fully saturated rings. The van der Waals surface area contributed by atoms with Crippen LogP contribution in [0.5, 0.6) is 0 Å². The van der Waals surface area contributed by atoms with Gasteiger partial charge in [0.1, 0.15) is 0 Å². The number of nitrogens with zero attached hydrogens (tertiary/aromatic N) is 7. The van der Waals surface area contributed by atoms with E-state index in [1.165, 1.54) is 27.8 Å². The second-order valence-electron chi connectivity index (χ2n) is 16.2. The highest BCUT2D eigenvalue weighted by Gasteiger charge is 2.22. The summed E-state index contributed by atoms with van der Waals surface area (Å²) in [5, 5.41) is 2.31. The molecule has 0 saturated carbocycles. The summed E-state index contributed by atoms with van der Waals surface area (Å²) in [6.45, 7) is 6.57. The number of aromatic nitrogens is 7. The highest BCUT2D eigenvalue weighted by atomic mass is 15.1. The Morgan fingerprint density at radius 2 is 0.719 bits per heavy atom. The smallest absolute Gasteiger partial charge is 0.166 e.